The van der Waals surface area contributed by atoms with E-state index >= 15 is 0 Å². The van der Waals surface area contributed by atoms with Crippen molar-refractivity contribution in [3.8, 4) is 0 Å². The number of carbonyl (C=O) groups is 1. The summed E-state index contributed by atoms with van der Waals surface area (Å²) in [5, 5.41) is 12.8. The number of hydrogen-bond donors (Lipinski definition) is 2. The van der Waals surface area contributed by atoms with Gasteiger partial charge >= 0.3 is 0 Å². The minimum Gasteiger partial charge on any atom is -0.394 e. The smallest absolute Gasteiger partial charge is 0.230 e. The van der Waals surface area contributed by atoms with Crippen LogP contribution in [0.5, 0.6) is 0 Å². The van der Waals surface area contributed by atoms with Crippen molar-refractivity contribution < 1.29 is 9.90 Å². The lowest BCUT2D eigenvalue weighted by molar-refractivity contribution is -0.143. The van der Waals surface area contributed by atoms with E-state index in [4.69, 9.17) is 0 Å². The zero-order valence-corrected chi connectivity index (χ0v) is 11.6. The number of rotatable bonds is 4. The van der Waals surface area contributed by atoms with Gasteiger partial charge in [0.1, 0.15) is 0 Å². The average Bonchev–Trinajstić information content (AvgIpc) is 2.96. The van der Waals surface area contributed by atoms with Gasteiger partial charge in [-0.25, -0.2) is 0 Å². The molecule has 18 heavy (non-hydrogen) atoms. The first-order valence-electron chi connectivity index (χ1n) is 7.27. The summed E-state index contributed by atoms with van der Waals surface area (Å²) in [6, 6.07) is 0.0341. The van der Waals surface area contributed by atoms with Crippen molar-refractivity contribution >= 4 is 5.91 Å². The number of carbonyl (C=O) groups excluding carboxylic acids is 1. The molecule has 3 unspecified atom stereocenters. The summed E-state index contributed by atoms with van der Waals surface area (Å²) < 4.78 is 0. The molecule has 4 heteroatoms. The molecule has 0 aromatic heterocycles. The molecule has 3 atom stereocenters. The topological polar surface area (TPSA) is 52.6 Å². The Kier molecular flexibility index (Phi) is 4.28. The van der Waals surface area contributed by atoms with E-state index in [1.807, 2.05) is 4.90 Å². The van der Waals surface area contributed by atoms with Crippen LogP contribution in [-0.4, -0.2) is 48.2 Å². The van der Waals surface area contributed by atoms with Crippen LogP contribution in [-0.2, 0) is 4.79 Å². The van der Waals surface area contributed by atoms with Gasteiger partial charge in [-0.05, 0) is 31.7 Å². The molecule has 2 aliphatic rings. The van der Waals surface area contributed by atoms with Crippen molar-refractivity contribution in [3.63, 3.8) is 0 Å². The van der Waals surface area contributed by atoms with Crippen LogP contribution in [0.2, 0.25) is 0 Å². The Balaban J connectivity index is 2.13. The number of nitrogens with zero attached hydrogens (tertiary/aromatic N) is 1. The van der Waals surface area contributed by atoms with Gasteiger partial charge in [0, 0.05) is 13.1 Å². The third kappa shape index (κ3) is 2.28. The maximum Gasteiger partial charge on any atom is 0.230 e. The number of likely N-dealkylation sites (tertiary alicyclic amines) is 1. The average molecular weight is 254 g/mol. The fraction of sp³-hybridized carbons (Fsp3) is 0.929. The molecule has 2 fully saturated rings. The molecular weight excluding hydrogens is 228 g/mol. The SMILES string of the molecule is CCCC1(C(=O)N2CCC(C)C2CO)CCNC1. The first-order chi connectivity index (χ1) is 8.64. The van der Waals surface area contributed by atoms with Crippen LogP contribution in [0.25, 0.3) is 0 Å². The van der Waals surface area contributed by atoms with Crippen molar-refractivity contribution in [1.82, 2.24) is 10.2 Å². The number of aliphatic hydroxyl groups excluding tert-OH is 1. The molecule has 0 radical (unpaired) electrons. The molecule has 0 spiro atoms. The van der Waals surface area contributed by atoms with Crippen molar-refractivity contribution in [3.05, 3.63) is 0 Å². The quantitative estimate of drug-likeness (QED) is 0.787. The van der Waals surface area contributed by atoms with Gasteiger partial charge in [0.25, 0.3) is 0 Å². The fourth-order valence-corrected chi connectivity index (χ4v) is 3.57. The summed E-state index contributed by atoms with van der Waals surface area (Å²) in [6.07, 6.45) is 3.97. The summed E-state index contributed by atoms with van der Waals surface area (Å²) in [7, 11) is 0. The lowest BCUT2D eigenvalue weighted by Crippen LogP contribution is -2.49. The van der Waals surface area contributed by atoms with E-state index in [2.05, 4.69) is 19.2 Å². The van der Waals surface area contributed by atoms with E-state index in [0.717, 1.165) is 45.3 Å². The van der Waals surface area contributed by atoms with Gasteiger partial charge in [-0.1, -0.05) is 20.3 Å². The number of hydrogen-bond acceptors (Lipinski definition) is 3. The van der Waals surface area contributed by atoms with Crippen LogP contribution in [0.1, 0.15) is 39.5 Å². The predicted octanol–water partition coefficient (Wildman–Crippen LogP) is 0.995. The highest BCUT2D eigenvalue weighted by atomic mass is 16.3. The normalized spacial score (nSPS) is 36.3. The summed E-state index contributed by atoms with van der Waals surface area (Å²) in [6.45, 7) is 6.94. The van der Waals surface area contributed by atoms with Crippen molar-refractivity contribution in [2.24, 2.45) is 11.3 Å². The van der Waals surface area contributed by atoms with Gasteiger partial charge < -0.3 is 15.3 Å². The second-order valence-electron chi connectivity index (χ2n) is 5.97. The largest absolute Gasteiger partial charge is 0.394 e. The Bertz CT molecular complexity index is 300. The van der Waals surface area contributed by atoms with E-state index in [-0.39, 0.29) is 24.0 Å². The fourth-order valence-electron chi connectivity index (χ4n) is 3.57. The van der Waals surface area contributed by atoms with Gasteiger partial charge in [0.15, 0.2) is 0 Å². The van der Waals surface area contributed by atoms with Gasteiger partial charge in [0.05, 0.1) is 18.1 Å². The highest BCUT2D eigenvalue weighted by Crippen LogP contribution is 2.36. The molecule has 2 N–H and O–H groups in total. The molecule has 0 bridgehead atoms. The van der Waals surface area contributed by atoms with E-state index in [0.29, 0.717) is 5.92 Å². The monoisotopic (exact) mass is 254 g/mol. The summed E-state index contributed by atoms with van der Waals surface area (Å²) in [4.78, 5) is 14.8. The molecular formula is C14H26N2O2. The van der Waals surface area contributed by atoms with Crippen LogP contribution in [0.3, 0.4) is 0 Å². The van der Waals surface area contributed by atoms with E-state index in [1.54, 1.807) is 0 Å². The standard InChI is InChI=1S/C14H26N2O2/c1-3-5-14(6-7-15-10-14)13(18)16-8-4-11(2)12(16)9-17/h11-12,15,17H,3-10H2,1-2H3. The lowest BCUT2D eigenvalue weighted by atomic mass is 9.80. The molecule has 0 aliphatic carbocycles. The summed E-state index contributed by atoms with van der Waals surface area (Å²) >= 11 is 0. The van der Waals surface area contributed by atoms with Crippen LogP contribution >= 0.6 is 0 Å². The number of amides is 1. The number of aliphatic hydroxyl groups is 1. The van der Waals surface area contributed by atoms with Crippen molar-refractivity contribution in [1.29, 1.82) is 0 Å². The zero-order valence-electron chi connectivity index (χ0n) is 11.6. The maximum absolute atomic E-state index is 12.8. The second kappa shape index (κ2) is 5.57. The molecule has 2 rings (SSSR count). The summed E-state index contributed by atoms with van der Waals surface area (Å²) in [5.74, 6) is 0.699. The summed E-state index contributed by atoms with van der Waals surface area (Å²) in [5.41, 5.74) is -0.202. The zero-order chi connectivity index (χ0) is 13.2. The van der Waals surface area contributed by atoms with Gasteiger partial charge in [-0.2, -0.15) is 0 Å². The molecule has 1 amide bonds. The molecule has 0 aromatic rings. The predicted molar refractivity (Wildman–Crippen MR) is 71.2 cm³/mol. The van der Waals surface area contributed by atoms with Gasteiger partial charge in [-0.3, -0.25) is 4.79 Å². The Morgan fingerprint density at radius 3 is 2.89 bits per heavy atom. The molecule has 2 heterocycles. The van der Waals surface area contributed by atoms with Gasteiger partial charge in [-0.15, -0.1) is 0 Å². The van der Waals surface area contributed by atoms with Crippen molar-refractivity contribution in [2.45, 2.75) is 45.6 Å². The van der Waals surface area contributed by atoms with E-state index in [9.17, 15) is 9.90 Å². The first-order valence-corrected chi connectivity index (χ1v) is 7.27. The van der Waals surface area contributed by atoms with Crippen LogP contribution in [0.15, 0.2) is 0 Å². The van der Waals surface area contributed by atoms with Crippen LogP contribution in [0.4, 0.5) is 0 Å². The van der Waals surface area contributed by atoms with Crippen LogP contribution in [0, 0.1) is 11.3 Å². The molecule has 0 aromatic carbocycles. The van der Waals surface area contributed by atoms with Crippen molar-refractivity contribution in [2.75, 3.05) is 26.2 Å². The van der Waals surface area contributed by atoms with E-state index < -0.39 is 0 Å². The third-order valence-corrected chi connectivity index (χ3v) is 4.76. The van der Waals surface area contributed by atoms with E-state index in [1.165, 1.54) is 0 Å². The molecule has 2 saturated heterocycles. The lowest BCUT2D eigenvalue weighted by Gasteiger charge is -2.35. The highest BCUT2D eigenvalue weighted by molar-refractivity contribution is 5.84. The Labute approximate surface area is 110 Å². The number of nitrogens with one attached hydrogen (secondary N) is 1. The van der Waals surface area contributed by atoms with Crippen LogP contribution < -0.4 is 5.32 Å². The third-order valence-electron chi connectivity index (χ3n) is 4.76. The Hall–Kier alpha value is -0.610. The first kappa shape index (κ1) is 13.8. The minimum atomic E-state index is -0.202. The Morgan fingerprint density at radius 1 is 1.56 bits per heavy atom. The maximum atomic E-state index is 12.8. The minimum absolute atomic E-state index is 0.0341. The molecule has 4 nitrogen and oxygen atoms in total. The molecule has 2 aliphatic heterocycles. The molecule has 0 saturated carbocycles. The van der Waals surface area contributed by atoms with Gasteiger partial charge in [0.2, 0.25) is 5.91 Å². The highest BCUT2D eigenvalue weighted by Gasteiger charge is 2.46. The second-order valence-corrected chi connectivity index (χ2v) is 5.97. The Morgan fingerprint density at radius 2 is 2.33 bits per heavy atom. The molecule has 104 valence electrons.